The second-order valence-corrected chi connectivity index (χ2v) is 7.97. The first-order valence-corrected chi connectivity index (χ1v) is 9.35. The van der Waals surface area contributed by atoms with E-state index in [1.54, 1.807) is 0 Å². The van der Waals surface area contributed by atoms with E-state index in [-0.39, 0.29) is 11.3 Å². The first kappa shape index (κ1) is 16.9. The normalized spacial score (nSPS) is 23.2. The van der Waals surface area contributed by atoms with Crippen LogP contribution in [0.15, 0.2) is 48.5 Å². The summed E-state index contributed by atoms with van der Waals surface area (Å²) in [4.78, 5) is 14.6. The molecule has 26 heavy (non-hydrogen) atoms. The summed E-state index contributed by atoms with van der Waals surface area (Å²) >= 11 is 0. The molecule has 1 fully saturated rings. The van der Waals surface area contributed by atoms with Crippen molar-refractivity contribution in [3.8, 4) is 0 Å². The van der Waals surface area contributed by atoms with Crippen LogP contribution in [0.4, 0.5) is 5.69 Å². The van der Waals surface area contributed by atoms with Crippen LogP contribution in [0.3, 0.4) is 0 Å². The third kappa shape index (κ3) is 2.30. The molecule has 4 rings (SSSR count). The van der Waals surface area contributed by atoms with Gasteiger partial charge in [-0.3, -0.25) is 4.79 Å². The lowest BCUT2D eigenvalue weighted by Crippen LogP contribution is -2.58. The summed E-state index contributed by atoms with van der Waals surface area (Å²) in [5.41, 5.74) is 5.46. The number of hydrogen-bond donors (Lipinski definition) is 1. The molecule has 1 N–H and O–H groups in total. The Morgan fingerprint density at radius 1 is 1.15 bits per heavy atom. The lowest BCUT2D eigenvalue weighted by Gasteiger charge is -2.40. The van der Waals surface area contributed by atoms with Gasteiger partial charge in [0.05, 0.1) is 6.54 Å². The molecule has 1 saturated heterocycles. The van der Waals surface area contributed by atoms with Crippen molar-refractivity contribution in [2.24, 2.45) is 0 Å². The zero-order chi connectivity index (χ0) is 18.5. The van der Waals surface area contributed by atoms with Gasteiger partial charge in [-0.2, -0.15) is 0 Å². The average Bonchev–Trinajstić information content (AvgIpc) is 3.05. The van der Waals surface area contributed by atoms with Crippen LogP contribution in [0.25, 0.3) is 6.08 Å². The van der Waals surface area contributed by atoms with E-state index in [4.69, 9.17) is 0 Å². The van der Waals surface area contributed by atoms with Gasteiger partial charge in [0.25, 0.3) is 0 Å². The molecule has 0 radical (unpaired) electrons. The molecule has 1 unspecified atom stereocenters. The van der Waals surface area contributed by atoms with Crippen LogP contribution >= 0.6 is 0 Å². The fourth-order valence-corrected chi connectivity index (χ4v) is 4.34. The smallest absolute Gasteiger partial charge is 0.241 e. The standard InChI is InChI=1S/C23H26N2O/c1-5-17-10-11-20-19(14-17)22(3,4)23(24-21(26)15-25(20)23)13-12-18-8-6-16(2)7-9-18/h6-14H,5,15H2,1-4H3,(H,24,26)/b13-12+. The predicted octanol–water partition coefficient (Wildman–Crippen LogP) is 4.19. The van der Waals surface area contributed by atoms with Gasteiger partial charge in [0.15, 0.2) is 0 Å². The minimum atomic E-state index is -0.524. The molecule has 3 heteroatoms. The van der Waals surface area contributed by atoms with Crippen molar-refractivity contribution in [2.45, 2.75) is 45.2 Å². The molecule has 3 nitrogen and oxygen atoms in total. The van der Waals surface area contributed by atoms with E-state index < -0.39 is 5.66 Å². The Balaban J connectivity index is 1.82. The predicted molar refractivity (Wildman–Crippen MR) is 107 cm³/mol. The first-order chi connectivity index (χ1) is 12.4. The monoisotopic (exact) mass is 346 g/mol. The van der Waals surface area contributed by atoms with Gasteiger partial charge in [-0.1, -0.05) is 68.8 Å². The van der Waals surface area contributed by atoms with E-state index in [0.717, 1.165) is 12.0 Å². The Hall–Kier alpha value is -2.55. The van der Waals surface area contributed by atoms with Crippen LogP contribution in [0.5, 0.6) is 0 Å². The molecule has 134 valence electrons. The van der Waals surface area contributed by atoms with Crippen molar-refractivity contribution in [3.63, 3.8) is 0 Å². The van der Waals surface area contributed by atoms with Gasteiger partial charge in [0.1, 0.15) is 5.66 Å². The van der Waals surface area contributed by atoms with E-state index in [1.165, 1.54) is 22.4 Å². The number of aryl methyl sites for hydroxylation is 2. The number of benzene rings is 2. The molecule has 0 aliphatic carbocycles. The topological polar surface area (TPSA) is 32.3 Å². The summed E-state index contributed by atoms with van der Waals surface area (Å²) in [6, 6.07) is 15.1. The number of anilines is 1. The van der Waals surface area contributed by atoms with Crippen molar-refractivity contribution in [2.75, 3.05) is 11.4 Å². The summed E-state index contributed by atoms with van der Waals surface area (Å²) in [5.74, 6) is 0.0804. The van der Waals surface area contributed by atoms with Crippen molar-refractivity contribution in [1.82, 2.24) is 5.32 Å². The summed E-state index contributed by atoms with van der Waals surface area (Å²) in [5, 5.41) is 3.29. The first-order valence-electron chi connectivity index (χ1n) is 9.35. The summed E-state index contributed by atoms with van der Waals surface area (Å²) in [6.07, 6.45) is 5.32. The van der Waals surface area contributed by atoms with Crippen molar-refractivity contribution in [3.05, 3.63) is 70.8 Å². The zero-order valence-electron chi connectivity index (χ0n) is 16.0. The second-order valence-electron chi connectivity index (χ2n) is 7.97. The van der Waals surface area contributed by atoms with Crippen LogP contribution in [0, 0.1) is 6.92 Å². The van der Waals surface area contributed by atoms with Gasteiger partial charge < -0.3 is 10.2 Å². The molecule has 2 aromatic carbocycles. The van der Waals surface area contributed by atoms with Gasteiger partial charge in [0.2, 0.25) is 5.91 Å². The van der Waals surface area contributed by atoms with Gasteiger partial charge in [-0.15, -0.1) is 0 Å². The van der Waals surface area contributed by atoms with Gasteiger partial charge in [-0.05, 0) is 42.2 Å². The zero-order valence-corrected chi connectivity index (χ0v) is 16.0. The van der Waals surface area contributed by atoms with E-state index >= 15 is 0 Å². The SMILES string of the molecule is CCc1ccc2c(c1)C(C)(C)C1(/C=C/c3ccc(C)cc3)NC(=O)CN21. The minimum Gasteiger partial charge on any atom is -0.335 e. The largest absolute Gasteiger partial charge is 0.335 e. The summed E-state index contributed by atoms with van der Waals surface area (Å²) < 4.78 is 0. The average molecular weight is 346 g/mol. The molecule has 2 aromatic rings. The maximum absolute atomic E-state index is 12.4. The molecule has 2 aliphatic heterocycles. The molecule has 0 spiro atoms. The third-order valence-electron chi connectivity index (χ3n) is 6.04. The van der Waals surface area contributed by atoms with Crippen molar-refractivity contribution >= 4 is 17.7 Å². The third-order valence-corrected chi connectivity index (χ3v) is 6.04. The van der Waals surface area contributed by atoms with Crippen LogP contribution in [-0.4, -0.2) is 18.1 Å². The highest BCUT2D eigenvalue weighted by molar-refractivity contribution is 5.91. The van der Waals surface area contributed by atoms with Gasteiger partial charge in [-0.25, -0.2) is 0 Å². The summed E-state index contributed by atoms with van der Waals surface area (Å²) in [7, 11) is 0. The highest BCUT2D eigenvalue weighted by Gasteiger charge is 2.59. The van der Waals surface area contributed by atoms with Crippen LogP contribution in [0.2, 0.25) is 0 Å². The fourth-order valence-electron chi connectivity index (χ4n) is 4.34. The number of nitrogens with zero attached hydrogens (tertiary/aromatic N) is 1. The molecule has 1 atom stereocenters. The molecular formula is C23H26N2O. The Bertz CT molecular complexity index is 895. The molecule has 2 aliphatic rings. The number of rotatable bonds is 3. The quantitative estimate of drug-likeness (QED) is 0.903. The lowest BCUT2D eigenvalue weighted by molar-refractivity contribution is -0.118. The van der Waals surface area contributed by atoms with E-state index in [0.29, 0.717) is 6.54 Å². The Morgan fingerprint density at radius 3 is 2.58 bits per heavy atom. The minimum absolute atomic E-state index is 0.0804. The number of amides is 1. The van der Waals surface area contributed by atoms with Gasteiger partial charge >= 0.3 is 0 Å². The molecule has 2 heterocycles. The number of carbonyl (C=O) groups is 1. The van der Waals surface area contributed by atoms with Crippen LogP contribution < -0.4 is 10.2 Å². The molecule has 1 amide bonds. The van der Waals surface area contributed by atoms with Crippen LogP contribution in [-0.2, 0) is 16.6 Å². The maximum atomic E-state index is 12.4. The lowest BCUT2D eigenvalue weighted by atomic mass is 9.75. The highest BCUT2D eigenvalue weighted by atomic mass is 16.2. The Labute approximate surface area is 155 Å². The number of fused-ring (bicyclic) bond motifs is 3. The molecule has 0 saturated carbocycles. The molecule has 0 bridgehead atoms. The van der Waals surface area contributed by atoms with Crippen LogP contribution in [0.1, 0.15) is 43.0 Å². The fraction of sp³-hybridized carbons (Fsp3) is 0.348. The molecule has 0 aromatic heterocycles. The highest BCUT2D eigenvalue weighted by Crippen LogP contribution is 2.53. The number of carbonyl (C=O) groups excluding carboxylic acids is 1. The Kier molecular flexibility index (Phi) is 3.72. The van der Waals surface area contributed by atoms with E-state index in [9.17, 15) is 4.79 Å². The number of nitrogens with one attached hydrogen (secondary N) is 1. The van der Waals surface area contributed by atoms with Crippen molar-refractivity contribution < 1.29 is 4.79 Å². The maximum Gasteiger partial charge on any atom is 0.241 e. The molecular weight excluding hydrogens is 320 g/mol. The Morgan fingerprint density at radius 2 is 1.88 bits per heavy atom. The van der Waals surface area contributed by atoms with E-state index in [2.05, 4.69) is 92.5 Å². The summed E-state index contributed by atoms with van der Waals surface area (Å²) in [6.45, 7) is 9.14. The number of hydrogen-bond acceptors (Lipinski definition) is 2. The second kappa shape index (κ2) is 5.73. The van der Waals surface area contributed by atoms with E-state index in [1.807, 2.05) is 0 Å². The van der Waals surface area contributed by atoms with Crippen molar-refractivity contribution in [1.29, 1.82) is 0 Å². The van der Waals surface area contributed by atoms with Gasteiger partial charge in [0, 0.05) is 11.1 Å².